The van der Waals surface area contributed by atoms with Gasteiger partial charge in [-0.05, 0) is 31.5 Å². The highest BCUT2D eigenvalue weighted by molar-refractivity contribution is 7.88. The van der Waals surface area contributed by atoms with E-state index >= 15 is 0 Å². The molecule has 8 heteroatoms. The summed E-state index contributed by atoms with van der Waals surface area (Å²) in [5.74, 6) is 0.257. The number of nitro groups is 1. The third kappa shape index (κ3) is 4.73. The highest BCUT2D eigenvalue weighted by Crippen LogP contribution is 2.23. The molecule has 1 aliphatic heterocycles. The lowest BCUT2D eigenvalue weighted by Crippen LogP contribution is -2.32. The van der Waals surface area contributed by atoms with Gasteiger partial charge in [0.05, 0.1) is 10.7 Å². The molecule has 1 atom stereocenters. The van der Waals surface area contributed by atoms with Crippen molar-refractivity contribution in [2.24, 2.45) is 5.92 Å². The molecule has 1 aliphatic rings. The smallest absolute Gasteiger partial charge is 0.269 e. The Kier molecular flexibility index (Phi) is 5.72. The molecule has 2 rings (SSSR count). The van der Waals surface area contributed by atoms with Crippen molar-refractivity contribution >= 4 is 15.7 Å². The van der Waals surface area contributed by atoms with Crippen molar-refractivity contribution < 1.29 is 13.3 Å². The van der Waals surface area contributed by atoms with Crippen molar-refractivity contribution in [2.75, 3.05) is 33.2 Å². The molecular weight excluding hydrogens is 318 g/mol. The summed E-state index contributed by atoms with van der Waals surface area (Å²) in [6.07, 6.45) is 0.879. The molecule has 1 saturated heterocycles. The van der Waals surface area contributed by atoms with Crippen molar-refractivity contribution in [3.8, 4) is 0 Å². The van der Waals surface area contributed by atoms with Gasteiger partial charge in [-0.25, -0.2) is 12.7 Å². The summed E-state index contributed by atoms with van der Waals surface area (Å²) in [4.78, 5) is 12.3. The highest BCUT2D eigenvalue weighted by Gasteiger charge is 2.31. The Hall–Kier alpha value is -1.51. The standard InChI is InChI=1S/C15H23N3O4S/c1-3-16(2)10-14-8-9-17(11-14)23(21,22)12-13-4-6-15(7-5-13)18(19)20/h4-7,14H,3,8-12H2,1-2H3. The van der Waals surface area contributed by atoms with Gasteiger partial charge in [0, 0.05) is 31.8 Å². The monoisotopic (exact) mass is 341 g/mol. The van der Waals surface area contributed by atoms with Crippen LogP contribution >= 0.6 is 0 Å². The number of rotatable bonds is 7. The van der Waals surface area contributed by atoms with Gasteiger partial charge < -0.3 is 4.90 Å². The van der Waals surface area contributed by atoms with Gasteiger partial charge in [-0.15, -0.1) is 0 Å². The van der Waals surface area contributed by atoms with E-state index in [4.69, 9.17) is 0 Å². The lowest BCUT2D eigenvalue weighted by molar-refractivity contribution is -0.384. The van der Waals surface area contributed by atoms with Gasteiger partial charge in [0.2, 0.25) is 10.0 Å². The van der Waals surface area contributed by atoms with Crippen LogP contribution in [0, 0.1) is 16.0 Å². The Bertz CT molecular complexity index is 645. The van der Waals surface area contributed by atoms with Gasteiger partial charge in [0.15, 0.2) is 0 Å². The predicted molar refractivity (Wildman–Crippen MR) is 88.6 cm³/mol. The van der Waals surface area contributed by atoms with Crippen LogP contribution in [0.15, 0.2) is 24.3 Å². The number of nitro benzene ring substituents is 1. The largest absolute Gasteiger partial charge is 0.306 e. The number of hydrogen-bond donors (Lipinski definition) is 0. The first kappa shape index (κ1) is 17.8. The lowest BCUT2D eigenvalue weighted by atomic mass is 10.1. The molecule has 0 bridgehead atoms. The van der Waals surface area contributed by atoms with E-state index in [1.807, 2.05) is 7.05 Å². The van der Waals surface area contributed by atoms with Gasteiger partial charge in [0.25, 0.3) is 5.69 Å². The maximum atomic E-state index is 12.5. The first-order valence-corrected chi connectivity index (χ1v) is 9.32. The maximum absolute atomic E-state index is 12.5. The van der Waals surface area contributed by atoms with E-state index < -0.39 is 14.9 Å². The van der Waals surface area contributed by atoms with Crippen LogP contribution in [0.25, 0.3) is 0 Å². The molecule has 23 heavy (non-hydrogen) atoms. The zero-order chi connectivity index (χ0) is 17.0. The number of hydrogen-bond acceptors (Lipinski definition) is 5. The Balaban J connectivity index is 1.98. The van der Waals surface area contributed by atoms with E-state index in [2.05, 4.69) is 11.8 Å². The minimum Gasteiger partial charge on any atom is -0.306 e. The average Bonchev–Trinajstić information content (AvgIpc) is 2.96. The van der Waals surface area contributed by atoms with Crippen molar-refractivity contribution in [1.29, 1.82) is 0 Å². The third-order valence-electron chi connectivity index (χ3n) is 4.25. The van der Waals surface area contributed by atoms with E-state index in [9.17, 15) is 18.5 Å². The summed E-state index contributed by atoms with van der Waals surface area (Å²) >= 11 is 0. The minimum absolute atomic E-state index is 0.0324. The van der Waals surface area contributed by atoms with Crippen LogP contribution in [0.5, 0.6) is 0 Å². The van der Waals surface area contributed by atoms with Gasteiger partial charge >= 0.3 is 0 Å². The third-order valence-corrected chi connectivity index (χ3v) is 6.06. The van der Waals surface area contributed by atoms with Crippen LogP contribution in [0.1, 0.15) is 18.9 Å². The summed E-state index contributed by atoms with van der Waals surface area (Å²) in [7, 11) is -1.34. The molecule has 0 radical (unpaired) electrons. The molecule has 1 aromatic rings. The van der Waals surface area contributed by atoms with E-state index in [1.54, 1.807) is 4.31 Å². The summed E-state index contributed by atoms with van der Waals surface area (Å²) < 4.78 is 26.5. The fourth-order valence-corrected chi connectivity index (χ4v) is 4.40. The Morgan fingerprint density at radius 1 is 1.35 bits per heavy atom. The number of non-ortho nitro benzene ring substituents is 1. The number of benzene rings is 1. The molecule has 0 saturated carbocycles. The van der Waals surface area contributed by atoms with Crippen molar-refractivity contribution in [3.05, 3.63) is 39.9 Å². The molecule has 128 valence electrons. The SMILES string of the molecule is CCN(C)CC1CCN(S(=O)(=O)Cc2ccc([N+](=O)[O-])cc2)C1. The summed E-state index contributed by atoms with van der Waals surface area (Å²) in [5, 5.41) is 10.6. The topological polar surface area (TPSA) is 83.8 Å². The second-order valence-electron chi connectivity index (χ2n) is 6.05. The zero-order valence-corrected chi connectivity index (χ0v) is 14.3. The average molecular weight is 341 g/mol. The fraction of sp³-hybridized carbons (Fsp3) is 0.600. The molecule has 1 fully saturated rings. The van der Waals surface area contributed by atoms with Crippen molar-refractivity contribution in [2.45, 2.75) is 19.1 Å². The Morgan fingerprint density at radius 3 is 2.57 bits per heavy atom. The first-order chi connectivity index (χ1) is 10.8. The van der Waals surface area contributed by atoms with Crippen LogP contribution < -0.4 is 0 Å². The second-order valence-corrected chi connectivity index (χ2v) is 8.02. The molecule has 0 N–H and O–H groups in total. The zero-order valence-electron chi connectivity index (χ0n) is 13.5. The molecule has 1 unspecified atom stereocenters. The van der Waals surface area contributed by atoms with E-state index in [-0.39, 0.29) is 11.4 Å². The van der Waals surface area contributed by atoms with Crippen molar-refractivity contribution in [3.63, 3.8) is 0 Å². The predicted octanol–water partition coefficient (Wildman–Crippen LogP) is 1.70. The molecular formula is C15H23N3O4S. The minimum atomic E-state index is -3.38. The van der Waals surface area contributed by atoms with Gasteiger partial charge in [0.1, 0.15) is 0 Å². The normalized spacial score (nSPS) is 19.3. The van der Waals surface area contributed by atoms with Crippen LogP contribution in [-0.2, 0) is 15.8 Å². The summed E-state index contributed by atoms with van der Waals surface area (Å²) in [6.45, 7) is 5.04. The number of sulfonamides is 1. The Morgan fingerprint density at radius 2 is 2.00 bits per heavy atom. The van der Waals surface area contributed by atoms with Gasteiger partial charge in [-0.3, -0.25) is 10.1 Å². The lowest BCUT2D eigenvalue weighted by Gasteiger charge is -2.20. The molecule has 1 aromatic carbocycles. The molecule has 0 aromatic heterocycles. The fourth-order valence-electron chi connectivity index (χ4n) is 2.78. The van der Waals surface area contributed by atoms with Crippen LogP contribution in [-0.4, -0.2) is 55.8 Å². The highest BCUT2D eigenvalue weighted by atomic mass is 32.2. The van der Waals surface area contributed by atoms with E-state index in [1.165, 1.54) is 24.3 Å². The van der Waals surface area contributed by atoms with Gasteiger partial charge in [-0.1, -0.05) is 19.1 Å². The molecule has 1 heterocycles. The van der Waals surface area contributed by atoms with Crippen LogP contribution in [0.2, 0.25) is 0 Å². The van der Waals surface area contributed by atoms with Crippen LogP contribution in [0.3, 0.4) is 0 Å². The summed E-state index contributed by atoms with van der Waals surface area (Å²) in [6, 6.07) is 5.70. The first-order valence-electron chi connectivity index (χ1n) is 7.71. The molecule has 0 aliphatic carbocycles. The molecule has 0 spiro atoms. The number of nitrogens with zero attached hydrogens (tertiary/aromatic N) is 3. The quantitative estimate of drug-likeness (QED) is 0.557. The second kappa shape index (κ2) is 7.37. The maximum Gasteiger partial charge on any atom is 0.269 e. The van der Waals surface area contributed by atoms with Crippen molar-refractivity contribution in [1.82, 2.24) is 9.21 Å². The molecule has 0 amide bonds. The van der Waals surface area contributed by atoms with Gasteiger partial charge in [-0.2, -0.15) is 0 Å². The van der Waals surface area contributed by atoms with Crippen LogP contribution in [0.4, 0.5) is 5.69 Å². The van der Waals surface area contributed by atoms with E-state index in [0.717, 1.165) is 19.5 Å². The van der Waals surface area contributed by atoms with E-state index in [0.29, 0.717) is 24.6 Å². The Labute approximate surface area is 137 Å². The molecule has 7 nitrogen and oxygen atoms in total. The summed E-state index contributed by atoms with van der Waals surface area (Å²) in [5.41, 5.74) is 0.541.